The third-order valence-corrected chi connectivity index (χ3v) is 12.6. The van der Waals surface area contributed by atoms with E-state index in [2.05, 4.69) is 132 Å². The van der Waals surface area contributed by atoms with E-state index in [0.717, 1.165) is 49.8 Å². The Balaban J connectivity index is 1.02. The second-order valence-corrected chi connectivity index (χ2v) is 15.9. The van der Waals surface area contributed by atoms with Gasteiger partial charge in [-0.05, 0) is 127 Å². The van der Waals surface area contributed by atoms with E-state index in [4.69, 9.17) is 0 Å². The predicted molar refractivity (Wildman–Crippen MR) is 235 cm³/mol. The molecule has 0 bridgehead atoms. The van der Waals surface area contributed by atoms with Gasteiger partial charge < -0.3 is 4.90 Å². The third kappa shape index (κ3) is 6.19. The Labute approximate surface area is 325 Å². The molecule has 0 atom stereocenters. The van der Waals surface area contributed by atoms with Crippen LogP contribution in [0.1, 0.15) is 26.3 Å². The van der Waals surface area contributed by atoms with E-state index in [1.807, 2.05) is 59.1 Å². The summed E-state index contributed by atoms with van der Waals surface area (Å²) in [5.74, 6) is -0.200. The number of rotatable bonds is 8. The summed E-state index contributed by atoms with van der Waals surface area (Å²) < 4.78 is 2.54. The Morgan fingerprint density at radius 1 is 0.491 bits per heavy atom. The number of allylic oxidation sites excluding steroid dienone is 1. The van der Waals surface area contributed by atoms with Crippen molar-refractivity contribution in [2.24, 2.45) is 0 Å². The topological polar surface area (TPSA) is 37.4 Å². The largest absolute Gasteiger partial charge is 0.302 e. The lowest BCUT2D eigenvalue weighted by Gasteiger charge is -2.24. The number of aldehydes is 1. The molecule has 2 heterocycles. The van der Waals surface area contributed by atoms with Crippen molar-refractivity contribution in [1.29, 1.82) is 0 Å². The van der Waals surface area contributed by atoms with Crippen molar-refractivity contribution in [2.45, 2.75) is 0 Å². The molecule has 0 aliphatic heterocycles. The molecule has 0 saturated carbocycles. The molecule has 0 N–H and O–H groups in total. The van der Waals surface area contributed by atoms with Gasteiger partial charge in [-0.3, -0.25) is 9.59 Å². The van der Waals surface area contributed by atoms with Crippen LogP contribution in [0.2, 0.25) is 0 Å². The van der Waals surface area contributed by atoms with Gasteiger partial charge >= 0.3 is 0 Å². The van der Waals surface area contributed by atoms with E-state index in [1.54, 1.807) is 18.2 Å². The van der Waals surface area contributed by atoms with Crippen LogP contribution in [-0.2, 0) is 0 Å². The summed E-state index contributed by atoms with van der Waals surface area (Å²) in [7, 11) is 0. The Bertz CT molecular complexity index is 3120. The highest BCUT2D eigenvalue weighted by atomic mass is 32.1. The maximum absolute atomic E-state index is 13.3. The quantitative estimate of drug-likeness (QED) is 0.0673. The summed E-state index contributed by atoms with van der Waals surface area (Å²) in [4.78, 5) is 28.8. The standard InChI is InChI=1S/C50H31NO2S2/c52-31-42-25-36-12-6-7-13-37(36)28-45(42)46(53)21-15-32-14-16-40-26-43(19-17-38(40)22-32)51(44-20-18-39-23-34-10-4-5-11-35(34)24-41(39)27-44)50-30-49-48(55-50)29-47(54-49)33-8-2-1-3-9-33/h1-31H/b21-15+. The summed E-state index contributed by atoms with van der Waals surface area (Å²) in [5, 5.41) is 10.1. The van der Waals surface area contributed by atoms with Crippen molar-refractivity contribution in [3.8, 4) is 10.4 Å². The number of hydrogen-bond acceptors (Lipinski definition) is 5. The van der Waals surface area contributed by atoms with E-state index < -0.39 is 0 Å². The molecule has 0 unspecified atom stereocenters. The lowest BCUT2D eigenvalue weighted by molar-refractivity contribution is 0.103. The van der Waals surface area contributed by atoms with Gasteiger partial charge in [0.1, 0.15) is 5.00 Å². The molecular weight excluding hydrogens is 711 g/mol. The highest BCUT2D eigenvalue weighted by Gasteiger charge is 2.19. The van der Waals surface area contributed by atoms with Gasteiger partial charge in [0, 0.05) is 36.8 Å². The van der Waals surface area contributed by atoms with Crippen LogP contribution in [0.3, 0.4) is 0 Å². The Kier molecular flexibility index (Phi) is 8.17. The van der Waals surface area contributed by atoms with Gasteiger partial charge in [0.2, 0.25) is 0 Å². The number of fused-ring (bicyclic) bond motifs is 5. The highest BCUT2D eigenvalue weighted by molar-refractivity contribution is 7.31. The van der Waals surface area contributed by atoms with Crippen molar-refractivity contribution >= 4 is 110 Å². The van der Waals surface area contributed by atoms with Crippen LogP contribution in [0.5, 0.6) is 0 Å². The van der Waals surface area contributed by atoms with Gasteiger partial charge in [0.25, 0.3) is 0 Å². The summed E-state index contributed by atoms with van der Waals surface area (Å²) in [6, 6.07) is 59.2. The fourth-order valence-corrected chi connectivity index (χ4v) is 9.91. The van der Waals surface area contributed by atoms with Crippen molar-refractivity contribution in [3.05, 3.63) is 193 Å². The second-order valence-electron chi connectivity index (χ2n) is 13.7. The molecule has 0 aliphatic carbocycles. The molecule has 8 aromatic carbocycles. The molecule has 55 heavy (non-hydrogen) atoms. The van der Waals surface area contributed by atoms with E-state index in [-0.39, 0.29) is 5.78 Å². The highest BCUT2D eigenvalue weighted by Crippen LogP contribution is 2.47. The first-order valence-electron chi connectivity index (χ1n) is 18.1. The van der Waals surface area contributed by atoms with Gasteiger partial charge in [-0.15, -0.1) is 22.7 Å². The van der Waals surface area contributed by atoms with E-state index in [9.17, 15) is 9.59 Å². The lowest BCUT2D eigenvalue weighted by atomic mass is 9.98. The molecule has 10 aromatic rings. The van der Waals surface area contributed by atoms with Crippen molar-refractivity contribution < 1.29 is 9.59 Å². The van der Waals surface area contributed by atoms with Crippen LogP contribution >= 0.6 is 22.7 Å². The normalized spacial score (nSPS) is 11.7. The summed E-state index contributed by atoms with van der Waals surface area (Å²) in [5.41, 5.74) is 5.12. The maximum Gasteiger partial charge on any atom is 0.186 e. The summed E-state index contributed by atoms with van der Waals surface area (Å²) in [6.45, 7) is 0. The minimum Gasteiger partial charge on any atom is -0.302 e. The van der Waals surface area contributed by atoms with Gasteiger partial charge in [-0.2, -0.15) is 0 Å². The van der Waals surface area contributed by atoms with E-state index >= 15 is 0 Å². The molecule has 260 valence electrons. The van der Waals surface area contributed by atoms with E-state index in [0.29, 0.717) is 11.1 Å². The van der Waals surface area contributed by atoms with Gasteiger partial charge in [-0.25, -0.2) is 0 Å². The fourth-order valence-electron chi connectivity index (χ4n) is 7.47. The monoisotopic (exact) mass is 741 g/mol. The number of nitrogens with zero attached hydrogens (tertiary/aromatic N) is 1. The van der Waals surface area contributed by atoms with Crippen LogP contribution in [0.4, 0.5) is 16.4 Å². The maximum atomic E-state index is 13.3. The Hall–Kier alpha value is -6.66. The summed E-state index contributed by atoms with van der Waals surface area (Å²) >= 11 is 3.64. The van der Waals surface area contributed by atoms with Crippen LogP contribution in [-0.4, -0.2) is 12.1 Å². The van der Waals surface area contributed by atoms with E-state index in [1.165, 1.54) is 41.4 Å². The average Bonchev–Trinajstić information content (AvgIpc) is 3.82. The molecule has 2 aromatic heterocycles. The number of carbonyl (C=O) groups is 2. The minimum atomic E-state index is -0.200. The van der Waals surface area contributed by atoms with Crippen LogP contribution in [0, 0.1) is 0 Å². The molecule has 0 spiro atoms. The molecule has 0 saturated heterocycles. The molecule has 3 nitrogen and oxygen atoms in total. The van der Waals surface area contributed by atoms with Crippen LogP contribution in [0.15, 0.2) is 176 Å². The van der Waals surface area contributed by atoms with Gasteiger partial charge in [0.05, 0.1) is 0 Å². The third-order valence-electron chi connectivity index (χ3n) is 10.3. The van der Waals surface area contributed by atoms with Gasteiger partial charge in [0.15, 0.2) is 12.1 Å². The van der Waals surface area contributed by atoms with Crippen LogP contribution in [0.25, 0.3) is 69.0 Å². The van der Waals surface area contributed by atoms with Crippen LogP contribution < -0.4 is 4.90 Å². The first-order valence-corrected chi connectivity index (χ1v) is 19.8. The number of carbonyl (C=O) groups excluding carboxylic acids is 2. The van der Waals surface area contributed by atoms with Crippen molar-refractivity contribution in [3.63, 3.8) is 0 Å². The molecule has 0 fully saturated rings. The zero-order valence-corrected chi connectivity index (χ0v) is 31.1. The van der Waals surface area contributed by atoms with Gasteiger partial charge in [-0.1, -0.05) is 109 Å². The zero-order chi connectivity index (χ0) is 36.9. The van der Waals surface area contributed by atoms with Crippen molar-refractivity contribution in [1.82, 2.24) is 0 Å². The lowest BCUT2D eigenvalue weighted by Crippen LogP contribution is -2.08. The molecule has 0 aliphatic rings. The van der Waals surface area contributed by atoms with Crippen molar-refractivity contribution in [2.75, 3.05) is 4.90 Å². The molecular formula is C50H31NO2S2. The zero-order valence-electron chi connectivity index (χ0n) is 29.5. The summed E-state index contributed by atoms with van der Waals surface area (Å²) in [6.07, 6.45) is 4.14. The Morgan fingerprint density at radius 3 is 1.76 bits per heavy atom. The second kappa shape index (κ2) is 13.6. The number of benzene rings is 8. The number of ketones is 1. The fraction of sp³-hybridized carbons (Fsp3) is 0. The average molecular weight is 742 g/mol. The molecule has 10 rings (SSSR count). The molecule has 5 heteroatoms. The SMILES string of the molecule is O=Cc1cc2ccccc2cc1C(=O)/C=C/c1ccc2cc(N(c3ccc4cc5ccccc5cc4c3)c3cc4sc(-c5ccccc5)cc4s3)ccc2c1. The minimum absolute atomic E-state index is 0.200. The smallest absolute Gasteiger partial charge is 0.186 e. The number of anilines is 3. The number of hydrogen-bond donors (Lipinski definition) is 0. The first-order chi connectivity index (χ1) is 27.1. The Morgan fingerprint density at radius 2 is 1.05 bits per heavy atom. The molecule has 0 amide bonds. The first kappa shape index (κ1) is 32.9. The number of thiophene rings is 2. The molecule has 0 radical (unpaired) electrons. The predicted octanol–water partition coefficient (Wildman–Crippen LogP) is 14.4.